The number of hydrogen-bond donors (Lipinski definition) is 1. The second kappa shape index (κ2) is 6.60. The second-order valence-electron chi connectivity index (χ2n) is 5.41. The predicted octanol–water partition coefficient (Wildman–Crippen LogP) is 3.14. The van der Waals surface area contributed by atoms with E-state index in [2.05, 4.69) is 15.6 Å². The number of aromatic nitrogens is 2. The zero-order valence-electron chi connectivity index (χ0n) is 13.2. The van der Waals surface area contributed by atoms with Gasteiger partial charge in [-0.1, -0.05) is 22.8 Å². The Labute approximate surface area is 143 Å². The van der Waals surface area contributed by atoms with Crippen LogP contribution in [0, 0.1) is 12.7 Å². The van der Waals surface area contributed by atoms with Gasteiger partial charge in [0.25, 0.3) is 5.91 Å². The summed E-state index contributed by atoms with van der Waals surface area (Å²) in [7, 11) is 0. The summed E-state index contributed by atoms with van der Waals surface area (Å²) in [6, 6.07) is 6.13. The molecule has 1 N–H and O–H groups in total. The Bertz CT molecular complexity index is 798. The molecule has 0 fully saturated rings. The number of rotatable bonds is 4. The molecule has 0 spiro atoms. The van der Waals surface area contributed by atoms with Gasteiger partial charge in [-0.3, -0.25) is 9.48 Å². The van der Waals surface area contributed by atoms with Crippen LogP contribution in [0.15, 0.2) is 29.4 Å². The standard InChI is InChI=1S/C16H16ClFN4O2/c1-3-22-9(2)7-14(20-22)19-16(23)13-8-12(21-24-13)15-10(17)5-4-6-11(15)18/h4-7,13H,3,8H2,1-2H3,(H,19,20,23). The van der Waals surface area contributed by atoms with Crippen molar-refractivity contribution in [3.05, 3.63) is 46.4 Å². The van der Waals surface area contributed by atoms with Crippen molar-refractivity contribution >= 4 is 29.0 Å². The van der Waals surface area contributed by atoms with Crippen molar-refractivity contribution in [1.82, 2.24) is 9.78 Å². The molecule has 0 aliphatic carbocycles. The van der Waals surface area contributed by atoms with Crippen LogP contribution >= 0.6 is 11.6 Å². The minimum atomic E-state index is -0.845. The van der Waals surface area contributed by atoms with Crippen LogP contribution in [0.1, 0.15) is 24.6 Å². The summed E-state index contributed by atoms with van der Waals surface area (Å²) < 4.78 is 15.7. The lowest BCUT2D eigenvalue weighted by atomic mass is 10.0. The highest BCUT2D eigenvalue weighted by Gasteiger charge is 2.31. The number of carbonyl (C=O) groups excluding carboxylic acids is 1. The summed E-state index contributed by atoms with van der Waals surface area (Å²) in [6.45, 7) is 4.57. The minimum Gasteiger partial charge on any atom is -0.382 e. The van der Waals surface area contributed by atoms with Crippen LogP contribution in [-0.4, -0.2) is 27.5 Å². The van der Waals surface area contributed by atoms with E-state index in [1.807, 2.05) is 13.8 Å². The number of halogens is 2. The molecule has 1 unspecified atom stereocenters. The first kappa shape index (κ1) is 16.4. The third-order valence-corrected chi connectivity index (χ3v) is 4.06. The lowest BCUT2D eigenvalue weighted by Gasteiger charge is -2.07. The number of aryl methyl sites for hydroxylation is 2. The third-order valence-electron chi connectivity index (χ3n) is 3.74. The highest BCUT2D eigenvalue weighted by atomic mass is 35.5. The number of nitrogens with one attached hydrogen (secondary N) is 1. The molecular weight excluding hydrogens is 335 g/mol. The lowest BCUT2D eigenvalue weighted by molar-refractivity contribution is -0.125. The number of oxime groups is 1. The Morgan fingerprint density at radius 2 is 2.33 bits per heavy atom. The summed E-state index contributed by atoms with van der Waals surface area (Å²) in [5.41, 5.74) is 1.42. The number of amides is 1. The lowest BCUT2D eigenvalue weighted by Crippen LogP contribution is -2.28. The number of anilines is 1. The van der Waals surface area contributed by atoms with Gasteiger partial charge in [-0.25, -0.2) is 4.39 Å². The Hall–Kier alpha value is -2.41. The van der Waals surface area contributed by atoms with E-state index < -0.39 is 11.9 Å². The topological polar surface area (TPSA) is 68.5 Å². The molecule has 0 saturated heterocycles. The van der Waals surface area contributed by atoms with Crippen LogP contribution in [0.5, 0.6) is 0 Å². The second-order valence-corrected chi connectivity index (χ2v) is 5.82. The van der Waals surface area contributed by atoms with E-state index in [0.29, 0.717) is 18.1 Å². The maximum atomic E-state index is 13.9. The molecule has 1 aromatic carbocycles. The van der Waals surface area contributed by atoms with E-state index in [4.69, 9.17) is 16.4 Å². The molecule has 0 bridgehead atoms. The highest BCUT2D eigenvalue weighted by molar-refractivity contribution is 6.34. The van der Waals surface area contributed by atoms with Gasteiger partial charge in [0.05, 0.1) is 16.3 Å². The van der Waals surface area contributed by atoms with Crippen LogP contribution in [-0.2, 0) is 16.2 Å². The van der Waals surface area contributed by atoms with Gasteiger partial charge in [-0.2, -0.15) is 5.10 Å². The van der Waals surface area contributed by atoms with Crippen LogP contribution in [0.3, 0.4) is 0 Å². The predicted molar refractivity (Wildman–Crippen MR) is 88.7 cm³/mol. The molecular formula is C16H16ClFN4O2. The minimum absolute atomic E-state index is 0.139. The maximum absolute atomic E-state index is 13.9. The van der Waals surface area contributed by atoms with Gasteiger partial charge in [-0.15, -0.1) is 0 Å². The molecule has 0 radical (unpaired) electrons. The Morgan fingerprint density at radius 1 is 1.54 bits per heavy atom. The molecule has 1 amide bonds. The summed E-state index contributed by atoms with van der Waals surface area (Å²) in [6.07, 6.45) is -0.706. The quantitative estimate of drug-likeness (QED) is 0.921. The Balaban J connectivity index is 1.69. The van der Waals surface area contributed by atoms with Crippen LogP contribution in [0.4, 0.5) is 10.2 Å². The van der Waals surface area contributed by atoms with E-state index in [-0.39, 0.29) is 22.9 Å². The van der Waals surface area contributed by atoms with E-state index in [0.717, 1.165) is 5.69 Å². The fraction of sp³-hybridized carbons (Fsp3) is 0.312. The van der Waals surface area contributed by atoms with Crippen LogP contribution < -0.4 is 5.32 Å². The number of benzene rings is 1. The van der Waals surface area contributed by atoms with Gasteiger partial charge in [0, 0.05) is 24.7 Å². The van der Waals surface area contributed by atoms with Crippen LogP contribution in [0.2, 0.25) is 5.02 Å². The number of nitrogens with zero attached hydrogens (tertiary/aromatic N) is 3. The zero-order valence-corrected chi connectivity index (χ0v) is 14.0. The van der Waals surface area contributed by atoms with Crippen molar-refractivity contribution in [2.24, 2.45) is 5.16 Å². The normalized spacial score (nSPS) is 16.7. The average Bonchev–Trinajstić information content (AvgIpc) is 3.14. The molecule has 8 heteroatoms. The number of hydrogen-bond acceptors (Lipinski definition) is 4. The molecule has 1 atom stereocenters. The fourth-order valence-corrected chi connectivity index (χ4v) is 2.81. The van der Waals surface area contributed by atoms with Crippen LogP contribution in [0.25, 0.3) is 0 Å². The first-order valence-corrected chi connectivity index (χ1v) is 7.89. The zero-order chi connectivity index (χ0) is 17.3. The molecule has 0 saturated carbocycles. The molecule has 2 heterocycles. The molecule has 6 nitrogen and oxygen atoms in total. The highest BCUT2D eigenvalue weighted by Crippen LogP contribution is 2.26. The van der Waals surface area contributed by atoms with Crippen molar-refractivity contribution in [2.45, 2.75) is 32.9 Å². The largest absolute Gasteiger partial charge is 0.382 e. The molecule has 2 aromatic rings. The molecule has 1 aromatic heterocycles. The van der Waals surface area contributed by atoms with Crippen molar-refractivity contribution in [1.29, 1.82) is 0 Å². The van der Waals surface area contributed by atoms with Crippen molar-refractivity contribution < 1.29 is 14.0 Å². The third kappa shape index (κ3) is 3.12. The molecule has 126 valence electrons. The monoisotopic (exact) mass is 350 g/mol. The van der Waals surface area contributed by atoms with Gasteiger partial charge < -0.3 is 10.2 Å². The summed E-state index contributed by atoms with van der Waals surface area (Å²) in [4.78, 5) is 17.4. The van der Waals surface area contributed by atoms with Gasteiger partial charge >= 0.3 is 0 Å². The average molecular weight is 351 g/mol. The van der Waals surface area contributed by atoms with E-state index in [1.165, 1.54) is 12.1 Å². The smallest absolute Gasteiger partial charge is 0.269 e. The fourth-order valence-electron chi connectivity index (χ4n) is 2.54. The summed E-state index contributed by atoms with van der Waals surface area (Å²) in [5.74, 6) is -0.439. The molecule has 24 heavy (non-hydrogen) atoms. The molecule has 1 aliphatic rings. The number of carbonyl (C=O) groups is 1. The van der Waals surface area contributed by atoms with Gasteiger partial charge in [0.2, 0.25) is 6.10 Å². The van der Waals surface area contributed by atoms with Crippen molar-refractivity contribution in [2.75, 3.05) is 5.32 Å². The molecule has 3 rings (SSSR count). The van der Waals surface area contributed by atoms with Crippen molar-refractivity contribution in [3.8, 4) is 0 Å². The SMILES string of the molecule is CCn1nc(NC(=O)C2CC(c3c(F)cccc3Cl)=NO2)cc1C. The van der Waals surface area contributed by atoms with E-state index >= 15 is 0 Å². The van der Waals surface area contributed by atoms with Gasteiger partial charge in [0.1, 0.15) is 5.82 Å². The maximum Gasteiger partial charge on any atom is 0.269 e. The van der Waals surface area contributed by atoms with Crippen molar-refractivity contribution in [3.63, 3.8) is 0 Å². The van der Waals surface area contributed by atoms with Gasteiger partial charge in [0.15, 0.2) is 5.82 Å². The molecule has 1 aliphatic heterocycles. The van der Waals surface area contributed by atoms with E-state index in [9.17, 15) is 9.18 Å². The first-order chi connectivity index (χ1) is 11.5. The summed E-state index contributed by atoms with van der Waals surface area (Å²) in [5, 5.41) is 11.0. The summed E-state index contributed by atoms with van der Waals surface area (Å²) >= 11 is 6.01. The Morgan fingerprint density at radius 3 is 3.00 bits per heavy atom. The first-order valence-electron chi connectivity index (χ1n) is 7.52. The van der Waals surface area contributed by atoms with E-state index in [1.54, 1.807) is 16.8 Å². The van der Waals surface area contributed by atoms with Gasteiger partial charge in [-0.05, 0) is 26.0 Å². The Kier molecular flexibility index (Phi) is 4.53.